The number of hydrogen-bond donors (Lipinski definition) is 3. The first-order valence-corrected chi connectivity index (χ1v) is 8.96. The highest BCUT2D eigenvalue weighted by molar-refractivity contribution is 5.68. The van der Waals surface area contributed by atoms with E-state index < -0.39 is 5.60 Å². The molecule has 6 heteroatoms. The van der Waals surface area contributed by atoms with Gasteiger partial charge in [-0.2, -0.15) is 0 Å². The van der Waals surface area contributed by atoms with Gasteiger partial charge >= 0.3 is 6.09 Å². The molecule has 2 aliphatic rings. The van der Waals surface area contributed by atoms with Gasteiger partial charge in [0.15, 0.2) is 0 Å². The second-order valence-electron chi connectivity index (χ2n) is 7.89. The molecule has 4 unspecified atom stereocenters. The number of nitrogens with one attached hydrogen (secondary N) is 2. The van der Waals surface area contributed by atoms with Crippen LogP contribution in [-0.2, 0) is 16.0 Å². The summed E-state index contributed by atoms with van der Waals surface area (Å²) in [6.07, 6.45) is 1.84. The van der Waals surface area contributed by atoms with E-state index in [2.05, 4.69) is 10.6 Å². The molecule has 138 valence electrons. The number of amides is 1. The zero-order chi connectivity index (χ0) is 18.0. The molecule has 1 aliphatic heterocycles. The summed E-state index contributed by atoms with van der Waals surface area (Å²) < 4.78 is 11.3. The zero-order valence-electron chi connectivity index (χ0n) is 15.1. The van der Waals surface area contributed by atoms with E-state index in [1.807, 2.05) is 32.9 Å². The van der Waals surface area contributed by atoms with Gasteiger partial charge in [0.25, 0.3) is 0 Å². The number of phenols is 1. The Morgan fingerprint density at radius 2 is 2.00 bits per heavy atom. The highest BCUT2D eigenvalue weighted by atomic mass is 16.6. The van der Waals surface area contributed by atoms with Crippen LogP contribution >= 0.6 is 0 Å². The van der Waals surface area contributed by atoms with Gasteiger partial charge in [0.1, 0.15) is 11.4 Å². The van der Waals surface area contributed by atoms with Crippen molar-refractivity contribution in [2.75, 3.05) is 6.61 Å². The average Bonchev–Trinajstić information content (AvgIpc) is 2.53. The molecular formula is C19H28N2O4. The smallest absolute Gasteiger partial charge is 0.407 e. The van der Waals surface area contributed by atoms with Gasteiger partial charge in [-0.25, -0.2) is 4.79 Å². The van der Waals surface area contributed by atoms with Crippen LogP contribution in [0.5, 0.6) is 5.75 Å². The minimum atomic E-state index is -0.509. The molecule has 1 saturated carbocycles. The maximum atomic E-state index is 12.2. The van der Waals surface area contributed by atoms with E-state index in [-0.39, 0.29) is 30.0 Å². The molecule has 0 spiro atoms. The molecule has 0 bridgehead atoms. The number of rotatable bonds is 4. The standard InChI is InChI=1S/C19H28N2O4/c1-19(2,3)25-18(23)21-15-14-5-4-10-24-17(14)16(15)20-11-12-6-8-13(22)9-7-12/h6-9,14-17,20,22H,4-5,10-11H2,1-3H3,(H,21,23). The fraction of sp³-hybridized carbons (Fsp3) is 0.632. The number of ether oxygens (including phenoxy) is 2. The Morgan fingerprint density at radius 3 is 2.68 bits per heavy atom. The number of carbonyl (C=O) groups excluding carboxylic acids is 1. The van der Waals surface area contributed by atoms with Crippen molar-refractivity contribution >= 4 is 6.09 Å². The van der Waals surface area contributed by atoms with Gasteiger partial charge in [-0.05, 0) is 51.3 Å². The third-order valence-corrected chi connectivity index (χ3v) is 4.78. The number of aromatic hydroxyl groups is 1. The molecule has 1 heterocycles. The van der Waals surface area contributed by atoms with Gasteiger partial charge in [0.2, 0.25) is 0 Å². The first-order chi connectivity index (χ1) is 11.8. The number of fused-ring (bicyclic) bond motifs is 1. The number of carbonyl (C=O) groups is 1. The van der Waals surface area contributed by atoms with Crippen molar-refractivity contribution in [2.45, 2.75) is 63.9 Å². The second kappa shape index (κ2) is 7.22. The van der Waals surface area contributed by atoms with Gasteiger partial charge < -0.3 is 25.2 Å². The summed E-state index contributed by atoms with van der Waals surface area (Å²) in [7, 11) is 0. The molecule has 6 nitrogen and oxygen atoms in total. The van der Waals surface area contributed by atoms with E-state index in [9.17, 15) is 9.90 Å². The molecule has 0 aromatic heterocycles. The molecular weight excluding hydrogens is 320 g/mol. The zero-order valence-corrected chi connectivity index (χ0v) is 15.1. The summed E-state index contributed by atoms with van der Waals surface area (Å²) in [5.74, 6) is 0.589. The lowest BCUT2D eigenvalue weighted by molar-refractivity contribution is -0.128. The number of hydrogen-bond acceptors (Lipinski definition) is 5. The molecule has 2 fully saturated rings. The summed E-state index contributed by atoms with van der Waals surface area (Å²) in [6, 6.07) is 7.19. The van der Waals surface area contributed by atoms with Crippen LogP contribution in [0, 0.1) is 5.92 Å². The van der Waals surface area contributed by atoms with Crippen molar-refractivity contribution < 1.29 is 19.4 Å². The van der Waals surface area contributed by atoms with Crippen LogP contribution in [0.15, 0.2) is 24.3 Å². The molecule has 1 saturated heterocycles. The molecule has 1 aliphatic carbocycles. The van der Waals surface area contributed by atoms with Gasteiger partial charge in [-0.15, -0.1) is 0 Å². The Bertz CT molecular complexity index is 596. The minimum Gasteiger partial charge on any atom is -0.508 e. The van der Waals surface area contributed by atoms with E-state index in [0.29, 0.717) is 12.5 Å². The highest BCUT2D eigenvalue weighted by Crippen LogP contribution is 2.38. The van der Waals surface area contributed by atoms with Crippen molar-refractivity contribution in [1.29, 1.82) is 0 Å². The minimum absolute atomic E-state index is 0.0114. The van der Waals surface area contributed by atoms with Crippen LogP contribution in [0.2, 0.25) is 0 Å². The lowest BCUT2D eigenvalue weighted by Crippen LogP contribution is -2.73. The molecule has 1 amide bonds. The summed E-state index contributed by atoms with van der Waals surface area (Å²) in [4.78, 5) is 12.2. The van der Waals surface area contributed by atoms with Crippen molar-refractivity contribution in [2.24, 2.45) is 5.92 Å². The van der Waals surface area contributed by atoms with Crippen molar-refractivity contribution in [3.63, 3.8) is 0 Å². The third kappa shape index (κ3) is 4.44. The number of phenolic OH excluding ortho intramolecular Hbond substituents is 1. The number of benzene rings is 1. The molecule has 3 N–H and O–H groups in total. The Balaban J connectivity index is 1.60. The Morgan fingerprint density at radius 1 is 1.28 bits per heavy atom. The fourth-order valence-electron chi connectivity index (χ4n) is 3.64. The molecule has 25 heavy (non-hydrogen) atoms. The van der Waals surface area contributed by atoms with Gasteiger partial charge in [-0.1, -0.05) is 12.1 Å². The first kappa shape index (κ1) is 18.0. The molecule has 1 aromatic rings. The topological polar surface area (TPSA) is 79.8 Å². The lowest BCUT2D eigenvalue weighted by Gasteiger charge is -2.54. The van der Waals surface area contributed by atoms with Crippen LogP contribution in [0.3, 0.4) is 0 Å². The summed E-state index contributed by atoms with van der Waals surface area (Å²) in [5.41, 5.74) is 0.568. The van der Waals surface area contributed by atoms with Gasteiger partial charge in [-0.3, -0.25) is 0 Å². The van der Waals surface area contributed by atoms with Crippen LogP contribution in [0.1, 0.15) is 39.2 Å². The Kier molecular flexibility index (Phi) is 5.20. The molecule has 1 aromatic carbocycles. The van der Waals surface area contributed by atoms with Crippen molar-refractivity contribution in [3.8, 4) is 5.75 Å². The van der Waals surface area contributed by atoms with E-state index in [1.54, 1.807) is 12.1 Å². The maximum absolute atomic E-state index is 12.2. The molecule has 4 atom stereocenters. The Hall–Kier alpha value is -1.79. The quantitative estimate of drug-likeness (QED) is 0.779. The van der Waals surface area contributed by atoms with Crippen LogP contribution in [-0.4, -0.2) is 41.6 Å². The second-order valence-corrected chi connectivity index (χ2v) is 7.89. The van der Waals surface area contributed by atoms with E-state index in [0.717, 1.165) is 25.0 Å². The third-order valence-electron chi connectivity index (χ3n) is 4.78. The van der Waals surface area contributed by atoms with Crippen LogP contribution < -0.4 is 10.6 Å². The summed E-state index contributed by atoms with van der Waals surface area (Å²) in [5, 5.41) is 15.9. The monoisotopic (exact) mass is 348 g/mol. The van der Waals surface area contributed by atoms with E-state index >= 15 is 0 Å². The van der Waals surface area contributed by atoms with E-state index in [1.165, 1.54) is 0 Å². The predicted octanol–water partition coefficient (Wildman–Crippen LogP) is 2.55. The van der Waals surface area contributed by atoms with Gasteiger partial charge in [0.05, 0.1) is 18.2 Å². The summed E-state index contributed by atoms with van der Waals surface area (Å²) >= 11 is 0. The lowest BCUT2D eigenvalue weighted by atomic mass is 9.68. The summed E-state index contributed by atoms with van der Waals surface area (Å²) in [6.45, 7) is 7.02. The predicted molar refractivity (Wildman–Crippen MR) is 94.4 cm³/mol. The normalized spacial score (nSPS) is 28.6. The fourth-order valence-corrected chi connectivity index (χ4v) is 3.64. The average molecular weight is 348 g/mol. The molecule has 0 radical (unpaired) electrons. The maximum Gasteiger partial charge on any atom is 0.407 e. The van der Waals surface area contributed by atoms with Gasteiger partial charge in [0, 0.05) is 19.1 Å². The van der Waals surface area contributed by atoms with Crippen molar-refractivity contribution in [3.05, 3.63) is 29.8 Å². The molecule has 3 rings (SSSR count). The van der Waals surface area contributed by atoms with Crippen LogP contribution in [0.4, 0.5) is 4.79 Å². The van der Waals surface area contributed by atoms with Crippen molar-refractivity contribution in [1.82, 2.24) is 10.6 Å². The SMILES string of the molecule is CC(C)(C)OC(=O)NC1C2CCCOC2C1NCc1ccc(O)cc1. The Labute approximate surface area is 148 Å². The van der Waals surface area contributed by atoms with Crippen LogP contribution in [0.25, 0.3) is 0 Å². The van der Waals surface area contributed by atoms with E-state index in [4.69, 9.17) is 9.47 Å². The number of alkyl carbamates (subject to hydrolysis) is 1. The highest BCUT2D eigenvalue weighted by Gasteiger charge is 2.53. The largest absolute Gasteiger partial charge is 0.508 e. The first-order valence-electron chi connectivity index (χ1n) is 8.96.